The number of alkyl carbamates (subject to hydrolysis) is 1. The molecule has 0 aromatic carbocycles. The Morgan fingerprint density at radius 3 is 2.04 bits per heavy atom. The molecule has 6 atom stereocenters. The Morgan fingerprint density at radius 2 is 1.55 bits per heavy atom. The van der Waals surface area contributed by atoms with Crippen LogP contribution in [0.25, 0.3) is 0 Å². The average Bonchev–Trinajstić information content (AvgIpc) is 3.62. The first-order valence-electron chi connectivity index (χ1n) is 17.3. The number of halogens is 3. The lowest BCUT2D eigenvalue weighted by molar-refractivity contribution is -0.177. The zero-order valence-corrected chi connectivity index (χ0v) is 34.1. The molecule has 0 radical (unpaired) electrons. The molecule has 0 bridgehead atoms. The minimum atomic E-state index is -5.34. The van der Waals surface area contributed by atoms with Gasteiger partial charge in [0.1, 0.15) is 11.3 Å². The topological polar surface area (TPSA) is 128 Å². The van der Waals surface area contributed by atoms with E-state index in [4.69, 9.17) is 13.6 Å². The number of alkyl halides is 3. The summed E-state index contributed by atoms with van der Waals surface area (Å²) >= 11 is 0. The Hall–Kier alpha value is -2.96. The molecule has 2 fully saturated rings. The predicted octanol–water partition coefficient (Wildman–Crippen LogP) is 6.70. The smallest absolute Gasteiger partial charge is 0.444 e. The number of aromatic nitrogens is 1. The van der Waals surface area contributed by atoms with Crippen LogP contribution in [0.5, 0.6) is 0 Å². The van der Waals surface area contributed by atoms with Gasteiger partial charge in [0.25, 0.3) is 11.8 Å². The maximum Gasteiger partial charge on any atom is 0.471 e. The number of fused-ring (bicyclic) bond motifs is 4. The summed E-state index contributed by atoms with van der Waals surface area (Å²) < 4.78 is 63.5. The molecule has 1 saturated carbocycles. The van der Waals surface area contributed by atoms with Gasteiger partial charge in [-0.05, 0) is 75.1 Å². The number of nitrogens with one attached hydrogen (secondary N) is 2. The van der Waals surface area contributed by atoms with Crippen LogP contribution >= 0.6 is 0 Å². The SMILES string of the molecule is C=C[C@]1(NC(=O)C(F)(F)F)[C@H]2[C@H](CN3C(=O)c4cccn4C(=O)[C@@]23NC(=O)OC(C)(C)C)[C@@H](CO[Si](C)(C)C(C)(C)C)[C@@H]1O[Si](C)(C)C(C)(C)C. The minimum absolute atomic E-state index is 0.0144. The van der Waals surface area contributed by atoms with Gasteiger partial charge in [0, 0.05) is 31.2 Å². The number of hydrogen-bond acceptors (Lipinski definition) is 7. The van der Waals surface area contributed by atoms with E-state index in [1.165, 1.54) is 29.3 Å². The van der Waals surface area contributed by atoms with Gasteiger partial charge < -0.3 is 23.8 Å². The zero-order chi connectivity index (χ0) is 39.1. The molecule has 51 heavy (non-hydrogen) atoms. The van der Waals surface area contributed by atoms with Crippen LogP contribution in [0.3, 0.4) is 0 Å². The van der Waals surface area contributed by atoms with Crippen molar-refractivity contribution in [2.75, 3.05) is 13.2 Å². The molecule has 11 nitrogen and oxygen atoms in total. The lowest BCUT2D eigenvalue weighted by Crippen LogP contribution is -2.77. The summed E-state index contributed by atoms with van der Waals surface area (Å²) in [6.45, 7) is 28.7. The number of ether oxygens (including phenoxy) is 1. The molecule has 0 spiro atoms. The van der Waals surface area contributed by atoms with Crippen molar-refractivity contribution in [1.82, 2.24) is 20.1 Å². The lowest BCUT2D eigenvalue weighted by Gasteiger charge is -2.51. The first kappa shape index (κ1) is 40.8. The monoisotopic (exact) mass is 756 g/mol. The highest BCUT2D eigenvalue weighted by molar-refractivity contribution is 6.74. The van der Waals surface area contributed by atoms with Crippen molar-refractivity contribution in [1.29, 1.82) is 0 Å². The molecule has 4 rings (SSSR count). The number of carbonyl (C=O) groups is 4. The number of nitrogens with zero attached hydrogens (tertiary/aromatic N) is 2. The predicted molar refractivity (Wildman–Crippen MR) is 191 cm³/mol. The Balaban J connectivity index is 2.08. The largest absolute Gasteiger partial charge is 0.471 e. The van der Waals surface area contributed by atoms with Gasteiger partial charge in [-0.25, -0.2) is 4.79 Å². The van der Waals surface area contributed by atoms with Crippen LogP contribution in [0.2, 0.25) is 36.3 Å². The van der Waals surface area contributed by atoms with Gasteiger partial charge in [-0.3, -0.25) is 24.3 Å². The van der Waals surface area contributed by atoms with E-state index in [-0.39, 0.29) is 23.9 Å². The van der Waals surface area contributed by atoms with E-state index in [1.54, 1.807) is 20.8 Å². The van der Waals surface area contributed by atoms with Crippen LogP contribution in [-0.2, 0) is 18.4 Å². The third-order valence-corrected chi connectivity index (χ3v) is 20.6. The summed E-state index contributed by atoms with van der Waals surface area (Å²) in [5.41, 5.74) is -5.51. The van der Waals surface area contributed by atoms with Crippen molar-refractivity contribution in [2.45, 2.75) is 128 Å². The van der Waals surface area contributed by atoms with E-state index in [0.29, 0.717) is 0 Å². The number of rotatable bonds is 8. The second-order valence-corrected chi connectivity index (χ2v) is 27.7. The summed E-state index contributed by atoms with van der Waals surface area (Å²) in [6.07, 6.45) is -5.08. The highest BCUT2D eigenvalue weighted by atomic mass is 28.4. The Kier molecular flexibility index (Phi) is 10.1. The highest BCUT2D eigenvalue weighted by Gasteiger charge is 2.77. The van der Waals surface area contributed by atoms with Crippen molar-refractivity contribution in [3.8, 4) is 0 Å². The van der Waals surface area contributed by atoms with Crippen LogP contribution in [0, 0.1) is 17.8 Å². The molecule has 1 aromatic heterocycles. The Morgan fingerprint density at radius 1 is 0.980 bits per heavy atom. The van der Waals surface area contributed by atoms with Gasteiger partial charge in [0.05, 0.1) is 11.6 Å². The van der Waals surface area contributed by atoms with Gasteiger partial charge in [0.2, 0.25) is 5.66 Å². The van der Waals surface area contributed by atoms with Crippen molar-refractivity contribution in [3.63, 3.8) is 0 Å². The van der Waals surface area contributed by atoms with Gasteiger partial charge in [-0.1, -0.05) is 47.6 Å². The summed E-state index contributed by atoms with van der Waals surface area (Å²) in [7, 11) is -5.41. The maximum atomic E-state index is 14.9. The van der Waals surface area contributed by atoms with E-state index < -0.39 is 92.3 Å². The molecule has 3 aliphatic rings. The molecule has 16 heteroatoms. The van der Waals surface area contributed by atoms with Crippen LogP contribution < -0.4 is 10.6 Å². The lowest BCUT2D eigenvalue weighted by atomic mass is 9.74. The molecule has 3 amide bonds. The molecule has 2 N–H and O–H groups in total. The highest BCUT2D eigenvalue weighted by Crippen LogP contribution is 2.60. The number of amides is 3. The first-order valence-corrected chi connectivity index (χ1v) is 23.1. The molecular formula is C35H55F3N4O7Si2. The second kappa shape index (κ2) is 12.6. The summed E-state index contributed by atoms with van der Waals surface area (Å²) in [4.78, 5) is 57.4. The molecule has 1 aromatic rings. The van der Waals surface area contributed by atoms with Gasteiger partial charge in [-0.2, -0.15) is 13.2 Å². The van der Waals surface area contributed by atoms with Crippen molar-refractivity contribution < 1.29 is 45.9 Å². The molecule has 3 heterocycles. The molecule has 0 unspecified atom stereocenters. The van der Waals surface area contributed by atoms with Gasteiger partial charge >= 0.3 is 18.2 Å². The zero-order valence-electron chi connectivity index (χ0n) is 32.1. The van der Waals surface area contributed by atoms with E-state index in [0.717, 1.165) is 4.57 Å². The van der Waals surface area contributed by atoms with Gasteiger partial charge in [0.15, 0.2) is 16.6 Å². The fourth-order valence-corrected chi connectivity index (χ4v) is 9.50. The van der Waals surface area contributed by atoms with E-state index in [9.17, 15) is 32.3 Å². The molecule has 1 saturated heterocycles. The standard InChI is InChI=1S/C35H55F3N4O7Si2/c1-15-33(39-27(44)35(36,37)38)24-21(22(20-47-50(11,12)31(5,6)7)25(33)49-51(13,14)32(8,9)10)19-42-26(43)23-17-16-18-41(23)28(45)34(24,42)40-29(46)48-30(2,3)4/h15-18,21-22,24-25H,1,19-20H2,2-14H3,(H,39,44)(H,40,46)/t21-,22-,24-,25+,33+,34-/m1/s1. The third-order valence-electron chi connectivity index (χ3n) is 11.7. The average molecular weight is 757 g/mol. The quantitative estimate of drug-likeness (QED) is 0.223. The Bertz CT molecular complexity index is 1590. The fourth-order valence-electron chi connectivity index (χ4n) is 7.10. The molecule has 286 valence electrons. The molecule has 2 aliphatic heterocycles. The maximum absolute atomic E-state index is 14.9. The summed E-state index contributed by atoms with van der Waals surface area (Å²) in [6, 6.07) is 2.95. The van der Waals surface area contributed by atoms with Crippen LogP contribution in [0.1, 0.15) is 77.6 Å². The van der Waals surface area contributed by atoms with E-state index in [1.807, 2.05) is 47.0 Å². The molecular weight excluding hydrogens is 702 g/mol. The van der Waals surface area contributed by atoms with Crippen molar-refractivity contribution >= 4 is 40.4 Å². The molecule has 1 aliphatic carbocycles. The van der Waals surface area contributed by atoms with Crippen molar-refractivity contribution in [2.24, 2.45) is 17.8 Å². The van der Waals surface area contributed by atoms with E-state index in [2.05, 4.69) is 38.0 Å². The number of carbonyl (C=O) groups excluding carboxylic acids is 4. The van der Waals surface area contributed by atoms with E-state index >= 15 is 0 Å². The van der Waals surface area contributed by atoms with Crippen molar-refractivity contribution in [3.05, 3.63) is 36.7 Å². The fraction of sp³-hybridized carbons (Fsp3) is 0.714. The van der Waals surface area contributed by atoms with Crippen LogP contribution in [0.15, 0.2) is 31.0 Å². The second-order valence-electron chi connectivity index (χ2n) is 18.1. The minimum Gasteiger partial charge on any atom is -0.444 e. The van der Waals surface area contributed by atoms with Gasteiger partial charge in [-0.15, -0.1) is 6.58 Å². The normalized spacial score (nSPS) is 28.6. The Labute approximate surface area is 301 Å². The summed E-state index contributed by atoms with van der Waals surface area (Å²) in [5.74, 6) is -6.72. The van der Waals surface area contributed by atoms with Crippen LogP contribution in [0.4, 0.5) is 18.0 Å². The third kappa shape index (κ3) is 6.85. The summed E-state index contributed by atoms with van der Waals surface area (Å²) in [5, 5.41) is 4.24. The van der Waals surface area contributed by atoms with Crippen LogP contribution in [-0.4, -0.2) is 92.2 Å². The first-order chi connectivity index (χ1) is 22.9. The number of hydrogen-bond donors (Lipinski definition) is 2.